The molecule has 3 aromatic rings. The molecule has 0 aliphatic heterocycles. The largest absolute Gasteiger partial charge is 0.322 e. The van der Waals surface area contributed by atoms with Crippen LogP contribution in [0.15, 0.2) is 53.9 Å². The fourth-order valence-electron chi connectivity index (χ4n) is 2.27. The van der Waals surface area contributed by atoms with Gasteiger partial charge in [-0.05, 0) is 41.4 Å². The first-order valence-corrected chi connectivity index (χ1v) is 10.3. The van der Waals surface area contributed by atoms with E-state index in [-0.39, 0.29) is 11.7 Å². The summed E-state index contributed by atoms with van der Waals surface area (Å²) in [6.07, 6.45) is 1.18. The van der Waals surface area contributed by atoms with Crippen molar-refractivity contribution in [1.29, 1.82) is 0 Å². The molecular weight excluding hydrogens is 358 g/mol. The van der Waals surface area contributed by atoms with E-state index in [2.05, 4.69) is 14.9 Å². The summed E-state index contributed by atoms with van der Waals surface area (Å²) in [4.78, 5) is 12.3. The second-order valence-electron chi connectivity index (χ2n) is 5.59. The topological polar surface area (TPSA) is 89.0 Å². The first-order chi connectivity index (χ1) is 11.9. The van der Waals surface area contributed by atoms with Crippen LogP contribution in [0.4, 0.5) is 5.69 Å². The summed E-state index contributed by atoms with van der Waals surface area (Å²) in [6.45, 7) is 0. The number of carbonyl (C=O) groups is 1. The molecule has 3 rings (SSSR count). The Morgan fingerprint density at radius 3 is 2.32 bits per heavy atom. The third kappa shape index (κ3) is 4.71. The van der Waals surface area contributed by atoms with E-state index in [1.807, 2.05) is 17.5 Å². The van der Waals surface area contributed by atoms with E-state index in [0.29, 0.717) is 16.8 Å². The number of carbonyl (C=O) groups excluding carboxylic acids is 1. The lowest BCUT2D eigenvalue weighted by Crippen LogP contribution is -2.12. The lowest BCUT2D eigenvalue weighted by atomic mass is 10.1. The Labute approximate surface area is 149 Å². The molecule has 0 unspecified atom stereocenters. The highest BCUT2D eigenvalue weighted by Gasteiger charge is 2.09. The maximum absolute atomic E-state index is 12.3. The van der Waals surface area contributed by atoms with Gasteiger partial charge in [-0.1, -0.05) is 28.8 Å². The number of nitrogens with one attached hydrogen (secondary N) is 1. The fourth-order valence-corrected chi connectivity index (χ4v) is 3.54. The van der Waals surface area contributed by atoms with Crippen LogP contribution in [0, 0.1) is 0 Å². The molecule has 0 atom stereocenters. The van der Waals surface area contributed by atoms with E-state index in [1.165, 1.54) is 17.8 Å². The van der Waals surface area contributed by atoms with Gasteiger partial charge in [-0.2, -0.15) is 0 Å². The van der Waals surface area contributed by atoms with Gasteiger partial charge in [0.05, 0.1) is 5.75 Å². The van der Waals surface area contributed by atoms with E-state index in [4.69, 9.17) is 0 Å². The van der Waals surface area contributed by atoms with Crippen molar-refractivity contribution in [1.82, 2.24) is 9.59 Å². The predicted molar refractivity (Wildman–Crippen MR) is 98.3 cm³/mol. The number of rotatable bonds is 5. The molecule has 0 saturated carbocycles. The molecule has 1 amide bonds. The second kappa shape index (κ2) is 7.12. The normalized spacial score (nSPS) is 11.2. The van der Waals surface area contributed by atoms with Crippen LogP contribution in [0.3, 0.4) is 0 Å². The van der Waals surface area contributed by atoms with Gasteiger partial charge < -0.3 is 5.32 Å². The molecule has 0 spiro atoms. The number of benzene rings is 2. The Bertz CT molecular complexity index is 965. The molecule has 0 bridgehead atoms. The van der Waals surface area contributed by atoms with Crippen molar-refractivity contribution in [2.75, 3.05) is 11.6 Å². The molecule has 8 heteroatoms. The number of hydrogen-bond donors (Lipinski definition) is 1. The van der Waals surface area contributed by atoms with Gasteiger partial charge >= 0.3 is 0 Å². The standard InChI is InChI=1S/C17H15N3O3S2/c1-25(22,23)11-12-2-4-14(5-3-12)17(21)18-15-8-6-13(7-9-15)16-10-24-20-19-16/h2-10H,11H2,1H3,(H,18,21). The molecule has 25 heavy (non-hydrogen) atoms. The lowest BCUT2D eigenvalue weighted by Gasteiger charge is -2.07. The van der Waals surface area contributed by atoms with Crippen molar-refractivity contribution in [3.05, 3.63) is 65.0 Å². The summed E-state index contributed by atoms with van der Waals surface area (Å²) in [5, 5.41) is 8.66. The zero-order chi connectivity index (χ0) is 17.9. The molecule has 6 nitrogen and oxygen atoms in total. The fraction of sp³-hybridized carbons (Fsp3) is 0.118. The van der Waals surface area contributed by atoms with Gasteiger partial charge in [0, 0.05) is 28.5 Å². The number of nitrogens with zero attached hydrogens (tertiary/aromatic N) is 2. The van der Waals surface area contributed by atoms with Crippen LogP contribution in [-0.2, 0) is 15.6 Å². The molecule has 0 saturated heterocycles. The van der Waals surface area contributed by atoms with Crippen LogP contribution in [0.5, 0.6) is 0 Å². The zero-order valence-corrected chi connectivity index (χ0v) is 15.0. The van der Waals surface area contributed by atoms with Crippen molar-refractivity contribution >= 4 is 33.0 Å². The van der Waals surface area contributed by atoms with Crippen molar-refractivity contribution < 1.29 is 13.2 Å². The van der Waals surface area contributed by atoms with Crippen LogP contribution >= 0.6 is 11.5 Å². The molecular formula is C17H15N3O3S2. The molecule has 1 aromatic heterocycles. The summed E-state index contributed by atoms with van der Waals surface area (Å²) in [7, 11) is -3.09. The molecule has 0 radical (unpaired) electrons. The highest BCUT2D eigenvalue weighted by atomic mass is 32.2. The number of anilines is 1. The number of hydrogen-bond acceptors (Lipinski definition) is 6. The first-order valence-electron chi connectivity index (χ1n) is 7.36. The van der Waals surface area contributed by atoms with Gasteiger partial charge in [0.25, 0.3) is 5.91 Å². The van der Waals surface area contributed by atoms with Crippen molar-refractivity contribution in [3.63, 3.8) is 0 Å². The smallest absolute Gasteiger partial charge is 0.255 e. The van der Waals surface area contributed by atoms with E-state index in [9.17, 15) is 13.2 Å². The van der Waals surface area contributed by atoms with Crippen molar-refractivity contribution in [3.8, 4) is 11.3 Å². The van der Waals surface area contributed by atoms with Gasteiger partial charge in [-0.25, -0.2) is 8.42 Å². The Morgan fingerprint density at radius 2 is 1.76 bits per heavy atom. The van der Waals surface area contributed by atoms with Crippen LogP contribution in [0.25, 0.3) is 11.3 Å². The summed E-state index contributed by atoms with van der Waals surface area (Å²) < 4.78 is 26.4. The zero-order valence-electron chi connectivity index (χ0n) is 13.3. The van der Waals surface area contributed by atoms with Crippen LogP contribution < -0.4 is 5.32 Å². The average Bonchev–Trinajstić information content (AvgIpc) is 3.09. The second-order valence-corrected chi connectivity index (χ2v) is 8.34. The van der Waals surface area contributed by atoms with E-state index in [1.54, 1.807) is 36.4 Å². The maximum Gasteiger partial charge on any atom is 0.255 e. The molecule has 128 valence electrons. The minimum absolute atomic E-state index is 0.0398. The first kappa shape index (κ1) is 17.2. The lowest BCUT2D eigenvalue weighted by molar-refractivity contribution is 0.102. The third-order valence-corrected chi connectivity index (χ3v) is 4.81. The number of sulfone groups is 1. The molecule has 1 heterocycles. The van der Waals surface area contributed by atoms with Crippen molar-refractivity contribution in [2.45, 2.75) is 5.75 Å². The van der Waals surface area contributed by atoms with E-state index in [0.717, 1.165) is 11.3 Å². The summed E-state index contributed by atoms with van der Waals surface area (Å²) >= 11 is 1.28. The maximum atomic E-state index is 12.3. The summed E-state index contributed by atoms with van der Waals surface area (Å²) in [5.41, 5.74) is 3.50. The Morgan fingerprint density at radius 1 is 1.08 bits per heavy atom. The quantitative estimate of drug-likeness (QED) is 0.743. The van der Waals surface area contributed by atoms with Crippen LogP contribution in [-0.4, -0.2) is 30.2 Å². The van der Waals surface area contributed by atoms with E-state index < -0.39 is 9.84 Å². The van der Waals surface area contributed by atoms with Gasteiger partial charge in [-0.3, -0.25) is 4.79 Å². The summed E-state index contributed by atoms with van der Waals surface area (Å²) in [6, 6.07) is 13.8. The van der Waals surface area contributed by atoms with Gasteiger partial charge in [-0.15, -0.1) is 5.10 Å². The Balaban J connectivity index is 1.67. The molecule has 0 aliphatic rings. The predicted octanol–water partition coefficient (Wildman–Crippen LogP) is 3.00. The highest BCUT2D eigenvalue weighted by Crippen LogP contribution is 2.20. The summed E-state index contributed by atoms with van der Waals surface area (Å²) in [5.74, 6) is -0.295. The molecule has 0 fully saturated rings. The average molecular weight is 373 g/mol. The minimum Gasteiger partial charge on any atom is -0.322 e. The van der Waals surface area contributed by atoms with Gasteiger partial charge in [0.1, 0.15) is 5.69 Å². The highest BCUT2D eigenvalue weighted by molar-refractivity contribution is 7.89. The van der Waals surface area contributed by atoms with Crippen molar-refractivity contribution in [2.24, 2.45) is 0 Å². The minimum atomic E-state index is -3.09. The number of aromatic nitrogens is 2. The molecule has 0 aliphatic carbocycles. The Kier molecular flexibility index (Phi) is 4.91. The Hall–Kier alpha value is -2.58. The molecule has 2 aromatic carbocycles. The number of amides is 1. The van der Waals surface area contributed by atoms with Crippen LogP contribution in [0.1, 0.15) is 15.9 Å². The van der Waals surface area contributed by atoms with Gasteiger partial charge in [0.2, 0.25) is 0 Å². The monoisotopic (exact) mass is 373 g/mol. The third-order valence-electron chi connectivity index (χ3n) is 3.44. The van der Waals surface area contributed by atoms with E-state index >= 15 is 0 Å². The SMILES string of the molecule is CS(=O)(=O)Cc1ccc(C(=O)Nc2ccc(-c3csnn3)cc2)cc1. The van der Waals surface area contributed by atoms with Crippen LogP contribution in [0.2, 0.25) is 0 Å². The van der Waals surface area contributed by atoms with Gasteiger partial charge in [0.15, 0.2) is 9.84 Å². The molecule has 1 N–H and O–H groups in total.